The van der Waals surface area contributed by atoms with Crippen LogP contribution in [-0.4, -0.2) is 25.8 Å². The van der Waals surface area contributed by atoms with Gasteiger partial charge in [0, 0.05) is 0 Å². The van der Waals surface area contributed by atoms with Gasteiger partial charge in [-0.1, -0.05) is 12.1 Å². The van der Waals surface area contributed by atoms with Crippen LogP contribution in [0.3, 0.4) is 0 Å². The van der Waals surface area contributed by atoms with E-state index in [1.807, 2.05) is 0 Å². The van der Waals surface area contributed by atoms with Gasteiger partial charge in [0.15, 0.2) is 0 Å². The first-order valence-electron chi connectivity index (χ1n) is 4.08. The number of benzene rings is 1. The molecule has 76 valence electrons. The minimum atomic E-state index is -1.25. The Bertz CT molecular complexity index is 510. The first-order valence-corrected chi connectivity index (χ1v) is 4.08. The van der Waals surface area contributed by atoms with Crippen LogP contribution in [0.15, 0.2) is 30.6 Å². The van der Waals surface area contributed by atoms with Gasteiger partial charge in [-0.15, -0.1) is 10.2 Å². The lowest BCUT2D eigenvalue weighted by Gasteiger charge is -2.03. The smallest absolute Gasteiger partial charge is 0.374 e. The second kappa shape index (κ2) is 3.49. The largest absolute Gasteiger partial charge is 0.475 e. The molecule has 1 aromatic carbocycles. The van der Waals surface area contributed by atoms with E-state index in [9.17, 15) is 9.18 Å². The molecule has 15 heavy (non-hydrogen) atoms. The van der Waals surface area contributed by atoms with Crippen molar-refractivity contribution < 1.29 is 14.3 Å². The highest BCUT2D eigenvalue weighted by atomic mass is 19.1. The summed E-state index contributed by atoms with van der Waals surface area (Å²) in [5.74, 6) is -2.10. The van der Waals surface area contributed by atoms with E-state index in [0.29, 0.717) is 0 Å². The fourth-order valence-corrected chi connectivity index (χ4v) is 1.20. The Morgan fingerprint density at radius 3 is 2.80 bits per heavy atom. The van der Waals surface area contributed by atoms with Gasteiger partial charge in [-0.2, -0.15) is 0 Å². The monoisotopic (exact) mass is 207 g/mol. The number of aromatic nitrogens is 3. The fourth-order valence-electron chi connectivity index (χ4n) is 1.20. The number of carboxylic acids is 1. The Morgan fingerprint density at radius 2 is 2.13 bits per heavy atom. The third kappa shape index (κ3) is 1.56. The molecule has 1 heterocycles. The number of nitrogens with zero attached hydrogens (tertiary/aromatic N) is 3. The van der Waals surface area contributed by atoms with Crippen LogP contribution in [0.2, 0.25) is 0 Å². The average Bonchev–Trinajstić information content (AvgIpc) is 2.67. The highest BCUT2D eigenvalue weighted by Crippen LogP contribution is 2.13. The van der Waals surface area contributed by atoms with E-state index < -0.39 is 11.8 Å². The van der Waals surface area contributed by atoms with Gasteiger partial charge in [-0.05, 0) is 12.1 Å². The zero-order valence-electron chi connectivity index (χ0n) is 7.46. The Balaban J connectivity index is 2.59. The van der Waals surface area contributed by atoms with Crippen LogP contribution in [0.25, 0.3) is 5.69 Å². The molecule has 2 aromatic rings. The zero-order valence-corrected chi connectivity index (χ0v) is 7.46. The lowest BCUT2D eigenvalue weighted by Crippen LogP contribution is -2.08. The summed E-state index contributed by atoms with van der Waals surface area (Å²) in [6, 6.07) is 5.81. The van der Waals surface area contributed by atoms with Crippen LogP contribution in [0, 0.1) is 5.82 Å². The molecule has 0 fully saturated rings. The Kier molecular flexibility index (Phi) is 2.17. The predicted molar refractivity (Wildman–Crippen MR) is 48.3 cm³/mol. The molecule has 2 rings (SSSR count). The minimum absolute atomic E-state index is 0.111. The number of halogens is 1. The van der Waals surface area contributed by atoms with Gasteiger partial charge < -0.3 is 5.11 Å². The van der Waals surface area contributed by atoms with E-state index in [2.05, 4.69) is 10.2 Å². The second-order valence-electron chi connectivity index (χ2n) is 2.78. The Labute approximate surface area is 83.8 Å². The molecule has 0 unspecified atom stereocenters. The van der Waals surface area contributed by atoms with Gasteiger partial charge in [0.1, 0.15) is 12.1 Å². The molecule has 5 nitrogen and oxygen atoms in total. The fraction of sp³-hybridized carbons (Fsp3) is 0. The van der Waals surface area contributed by atoms with Crippen molar-refractivity contribution >= 4 is 5.97 Å². The van der Waals surface area contributed by atoms with Gasteiger partial charge in [-0.25, -0.2) is 9.18 Å². The number of hydrogen-bond acceptors (Lipinski definition) is 3. The Morgan fingerprint density at radius 1 is 1.40 bits per heavy atom. The Hall–Kier alpha value is -2.24. The van der Waals surface area contributed by atoms with Gasteiger partial charge in [-0.3, -0.25) is 4.57 Å². The normalized spacial score (nSPS) is 10.2. The minimum Gasteiger partial charge on any atom is -0.475 e. The zero-order chi connectivity index (χ0) is 10.8. The lowest BCUT2D eigenvalue weighted by molar-refractivity contribution is 0.0681. The van der Waals surface area contributed by atoms with Crippen LogP contribution in [0.1, 0.15) is 10.6 Å². The molecule has 0 bridgehead atoms. The van der Waals surface area contributed by atoms with E-state index in [0.717, 1.165) is 10.9 Å². The molecule has 0 aliphatic carbocycles. The molecule has 1 N–H and O–H groups in total. The molecule has 0 saturated carbocycles. The van der Waals surface area contributed by atoms with Crippen molar-refractivity contribution in [3.8, 4) is 5.69 Å². The quantitative estimate of drug-likeness (QED) is 0.800. The predicted octanol–water partition coefficient (Wildman–Crippen LogP) is 1.10. The van der Waals surface area contributed by atoms with Crippen molar-refractivity contribution in [1.82, 2.24) is 14.8 Å². The topological polar surface area (TPSA) is 68.0 Å². The van der Waals surface area contributed by atoms with Crippen LogP contribution in [-0.2, 0) is 0 Å². The van der Waals surface area contributed by atoms with Crippen molar-refractivity contribution in [3.63, 3.8) is 0 Å². The first-order chi connectivity index (χ1) is 7.20. The maximum absolute atomic E-state index is 13.3. The van der Waals surface area contributed by atoms with Gasteiger partial charge in [0.2, 0.25) is 5.82 Å². The lowest BCUT2D eigenvalue weighted by atomic mass is 10.3. The molecular weight excluding hydrogens is 201 g/mol. The van der Waals surface area contributed by atoms with E-state index in [1.165, 1.54) is 18.2 Å². The van der Waals surface area contributed by atoms with E-state index in [4.69, 9.17) is 5.11 Å². The van der Waals surface area contributed by atoms with Crippen molar-refractivity contribution in [1.29, 1.82) is 0 Å². The number of rotatable bonds is 2. The number of para-hydroxylation sites is 1. The first kappa shape index (κ1) is 9.32. The summed E-state index contributed by atoms with van der Waals surface area (Å²) in [6.45, 7) is 0. The van der Waals surface area contributed by atoms with Crippen LogP contribution in [0.5, 0.6) is 0 Å². The third-order valence-electron chi connectivity index (χ3n) is 1.85. The molecule has 6 heteroatoms. The maximum Gasteiger partial charge on any atom is 0.374 e. The van der Waals surface area contributed by atoms with Gasteiger partial charge >= 0.3 is 5.97 Å². The van der Waals surface area contributed by atoms with E-state index in [-0.39, 0.29) is 11.5 Å². The van der Waals surface area contributed by atoms with Crippen molar-refractivity contribution in [2.75, 3.05) is 0 Å². The molecule has 0 atom stereocenters. The van der Waals surface area contributed by atoms with Gasteiger partial charge in [0.05, 0.1) is 5.69 Å². The number of carboxylic acid groups (broad SMARTS) is 1. The van der Waals surface area contributed by atoms with Crippen LogP contribution >= 0.6 is 0 Å². The van der Waals surface area contributed by atoms with E-state index >= 15 is 0 Å². The summed E-state index contributed by atoms with van der Waals surface area (Å²) in [5, 5.41) is 15.6. The van der Waals surface area contributed by atoms with Gasteiger partial charge in [0.25, 0.3) is 0 Å². The summed E-state index contributed by atoms with van der Waals surface area (Å²) in [6.07, 6.45) is 1.15. The second-order valence-corrected chi connectivity index (χ2v) is 2.78. The summed E-state index contributed by atoms with van der Waals surface area (Å²) in [5.41, 5.74) is 0.111. The number of aromatic carboxylic acids is 1. The molecule has 0 spiro atoms. The van der Waals surface area contributed by atoms with E-state index in [1.54, 1.807) is 6.07 Å². The average molecular weight is 207 g/mol. The van der Waals surface area contributed by atoms with Crippen molar-refractivity contribution in [2.45, 2.75) is 0 Å². The molecule has 0 amide bonds. The molecular formula is C9H6FN3O2. The highest BCUT2D eigenvalue weighted by Gasteiger charge is 2.15. The van der Waals surface area contributed by atoms with Crippen molar-refractivity contribution in [2.24, 2.45) is 0 Å². The SMILES string of the molecule is O=C(O)c1nncn1-c1ccccc1F. The number of hydrogen-bond donors (Lipinski definition) is 1. The molecule has 1 aromatic heterocycles. The molecule has 0 aliphatic heterocycles. The molecule has 0 radical (unpaired) electrons. The summed E-state index contributed by atoms with van der Waals surface area (Å²) >= 11 is 0. The summed E-state index contributed by atoms with van der Waals surface area (Å²) in [4.78, 5) is 10.7. The van der Waals surface area contributed by atoms with Crippen molar-refractivity contribution in [3.05, 3.63) is 42.2 Å². The van der Waals surface area contributed by atoms with Crippen LogP contribution < -0.4 is 0 Å². The third-order valence-corrected chi connectivity index (χ3v) is 1.85. The molecule has 0 saturated heterocycles. The maximum atomic E-state index is 13.3. The number of carbonyl (C=O) groups is 1. The highest BCUT2D eigenvalue weighted by molar-refractivity contribution is 5.84. The standard InChI is InChI=1S/C9H6FN3O2/c10-6-3-1-2-4-7(6)13-5-11-12-8(13)9(14)15/h1-5H,(H,14,15). The van der Waals surface area contributed by atoms with Crippen LogP contribution in [0.4, 0.5) is 4.39 Å². The summed E-state index contributed by atoms with van der Waals surface area (Å²) < 4.78 is 14.4. The summed E-state index contributed by atoms with van der Waals surface area (Å²) in [7, 11) is 0. The molecule has 0 aliphatic rings.